The number of amides is 1. The van der Waals surface area contributed by atoms with Crippen molar-refractivity contribution >= 4 is 35.8 Å². The quantitative estimate of drug-likeness (QED) is 0.393. The molecule has 1 amide bonds. The molecule has 2 fully saturated rings. The van der Waals surface area contributed by atoms with Crippen molar-refractivity contribution in [1.82, 2.24) is 9.80 Å². The first kappa shape index (κ1) is 22.9. The maximum absolute atomic E-state index is 12.7. The highest BCUT2D eigenvalue weighted by Crippen LogP contribution is 2.15. The van der Waals surface area contributed by atoms with Gasteiger partial charge in [-0.15, -0.1) is 24.0 Å². The Morgan fingerprint density at radius 1 is 1.04 bits per heavy atom. The summed E-state index contributed by atoms with van der Waals surface area (Å²) in [6.07, 6.45) is 5.08. The molecular weight excluding hydrogens is 467 g/mol. The lowest BCUT2D eigenvalue weighted by atomic mass is 10.1. The van der Waals surface area contributed by atoms with Crippen LogP contribution in [0.5, 0.6) is 0 Å². The predicted octanol–water partition coefficient (Wildman–Crippen LogP) is 3.24. The van der Waals surface area contributed by atoms with Crippen molar-refractivity contribution in [3.8, 4) is 0 Å². The summed E-state index contributed by atoms with van der Waals surface area (Å²) in [6, 6.07) is 7.72. The molecule has 2 aliphatic heterocycles. The average molecular weight is 500 g/mol. The highest BCUT2D eigenvalue weighted by molar-refractivity contribution is 14.0. The Bertz CT molecular complexity index is 647. The van der Waals surface area contributed by atoms with Gasteiger partial charge in [-0.25, -0.2) is 4.99 Å². The van der Waals surface area contributed by atoms with E-state index in [1.54, 1.807) is 0 Å². The van der Waals surface area contributed by atoms with E-state index in [4.69, 9.17) is 10.5 Å². The van der Waals surface area contributed by atoms with Crippen LogP contribution in [0.1, 0.15) is 55.5 Å². The number of hydrogen-bond donors (Lipinski definition) is 1. The van der Waals surface area contributed by atoms with Crippen molar-refractivity contribution in [2.75, 3.05) is 26.2 Å². The summed E-state index contributed by atoms with van der Waals surface area (Å²) < 4.78 is 5.71. The third-order valence-electron chi connectivity index (χ3n) is 5.26. The number of morpholine rings is 1. The van der Waals surface area contributed by atoms with Crippen molar-refractivity contribution in [1.29, 1.82) is 0 Å². The molecule has 1 aromatic rings. The van der Waals surface area contributed by atoms with Gasteiger partial charge in [-0.05, 0) is 44.4 Å². The van der Waals surface area contributed by atoms with E-state index in [2.05, 4.69) is 9.89 Å². The summed E-state index contributed by atoms with van der Waals surface area (Å²) in [5, 5.41) is 0. The van der Waals surface area contributed by atoms with E-state index < -0.39 is 0 Å². The van der Waals surface area contributed by atoms with Crippen LogP contribution in [0.15, 0.2) is 29.3 Å². The molecule has 1 aromatic carbocycles. The Labute approximate surface area is 185 Å². The summed E-state index contributed by atoms with van der Waals surface area (Å²) in [4.78, 5) is 21.3. The van der Waals surface area contributed by atoms with Crippen LogP contribution in [0.3, 0.4) is 0 Å². The topological polar surface area (TPSA) is 71.2 Å². The Morgan fingerprint density at radius 2 is 1.61 bits per heavy atom. The van der Waals surface area contributed by atoms with Crippen LogP contribution in [0.25, 0.3) is 0 Å². The number of rotatable bonds is 3. The molecule has 2 saturated heterocycles. The van der Waals surface area contributed by atoms with Crippen LogP contribution in [-0.2, 0) is 11.3 Å². The van der Waals surface area contributed by atoms with E-state index >= 15 is 0 Å². The molecule has 0 saturated carbocycles. The normalized spacial score (nSPS) is 23.7. The van der Waals surface area contributed by atoms with Gasteiger partial charge in [0.2, 0.25) is 0 Å². The molecule has 2 aliphatic rings. The summed E-state index contributed by atoms with van der Waals surface area (Å²) in [6.45, 7) is 7.83. The molecular formula is C21H33IN4O2. The van der Waals surface area contributed by atoms with Crippen molar-refractivity contribution in [2.45, 2.75) is 58.3 Å². The zero-order chi connectivity index (χ0) is 19.2. The van der Waals surface area contributed by atoms with Gasteiger partial charge in [-0.2, -0.15) is 0 Å². The number of hydrogen-bond acceptors (Lipinski definition) is 3. The van der Waals surface area contributed by atoms with Crippen LogP contribution in [-0.4, -0.2) is 60.1 Å². The molecule has 0 spiro atoms. The van der Waals surface area contributed by atoms with Crippen LogP contribution in [0, 0.1) is 0 Å². The predicted molar refractivity (Wildman–Crippen MR) is 123 cm³/mol. The van der Waals surface area contributed by atoms with Crippen LogP contribution >= 0.6 is 24.0 Å². The van der Waals surface area contributed by atoms with Gasteiger partial charge in [0.05, 0.1) is 18.8 Å². The van der Waals surface area contributed by atoms with Gasteiger partial charge in [0.1, 0.15) is 0 Å². The molecule has 0 radical (unpaired) electrons. The number of carbonyl (C=O) groups is 1. The van der Waals surface area contributed by atoms with Crippen molar-refractivity contribution in [3.63, 3.8) is 0 Å². The summed E-state index contributed by atoms with van der Waals surface area (Å²) in [5.41, 5.74) is 7.95. The van der Waals surface area contributed by atoms with Gasteiger partial charge < -0.3 is 20.3 Å². The molecule has 28 heavy (non-hydrogen) atoms. The Hall–Kier alpha value is -1.35. The third kappa shape index (κ3) is 6.34. The number of nitrogens with two attached hydrogens (primary N) is 1. The minimum Gasteiger partial charge on any atom is -0.372 e. The van der Waals surface area contributed by atoms with Crippen LogP contribution in [0.2, 0.25) is 0 Å². The molecule has 0 aromatic heterocycles. The van der Waals surface area contributed by atoms with Gasteiger partial charge in [0, 0.05) is 31.7 Å². The van der Waals surface area contributed by atoms with E-state index in [1.165, 1.54) is 25.7 Å². The number of benzene rings is 1. The Kier molecular flexibility index (Phi) is 9.01. The Balaban J connectivity index is 0.00000280. The van der Waals surface area contributed by atoms with Gasteiger partial charge in [0.25, 0.3) is 5.91 Å². The first-order valence-electron chi connectivity index (χ1n) is 10.1. The fraction of sp³-hybridized carbons (Fsp3) is 0.619. The zero-order valence-electron chi connectivity index (χ0n) is 17.0. The summed E-state index contributed by atoms with van der Waals surface area (Å²) in [5.74, 6) is 0.699. The summed E-state index contributed by atoms with van der Waals surface area (Å²) in [7, 11) is 0. The third-order valence-corrected chi connectivity index (χ3v) is 5.26. The second kappa shape index (κ2) is 11.0. The number of aliphatic imine (C=N–C) groups is 1. The van der Waals surface area contributed by atoms with E-state index in [0.29, 0.717) is 31.2 Å². The van der Waals surface area contributed by atoms with Gasteiger partial charge >= 0.3 is 0 Å². The molecule has 7 heteroatoms. The van der Waals surface area contributed by atoms with Gasteiger partial charge in [-0.3, -0.25) is 4.79 Å². The van der Waals surface area contributed by atoms with Crippen LogP contribution in [0.4, 0.5) is 0 Å². The second-order valence-electron chi connectivity index (χ2n) is 7.74. The largest absolute Gasteiger partial charge is 0.372 e. The molecule has 6 nitrogen and oxygen atoms in total. The van der Waals surface area contributed by atoms with Gasteiger partial charge in [0.15, 0.2) is 5.96 Å². The second-order valence-corrected chi connectivity index (χ2v) is 7.74. The number of halogens is 1. The van der Waals surface area contributed by atoms with Crippen molar-refractivity contribution < 1.29 is 9.53 Å². The minimum absolute atomic E-state index is 0. The molecule has 0 bridgehead atoms. The number of carbonyl (C=O) groups excluding carboxylic acids is 1. The summed E-state index contributed by atoms with van der Waals surface area (Å²) >= 11 is 0. The van der Waals surface area contributed by atoms with E-state index in [9.17, 15) is 4.79 Å². The highest BCUT2D eigenvalue weighted by Gasteiger charge is 2.26. The molecule has 2 unspecified atom stereocenters. The van der Waals surface area contributed by atoms with Crippen molar-refractivity contribution in [2.24, 2.45) is 10.7 Å². The molecule has 0 aliphatic carbocycles. The number of guanidine groups is 1. The lowest BCUT2D eigenvalue weighted by Crippen LogP contribution is -2.48. The first-order chi connectivity index (χ1) is 13.0. The fourth-order valence-corrected chi connectivity index (χ4v) is 3.85. The molecule has 2 N–H and O–H groups in total. The number of likely N-dealkylation sites (tertiary alicyclic amines) is 1. The molecule has 3 rings (SSSR count). The SMILES string of the molecule is CC1CN(C(=O)c2ccc(CN=C(N)N3CCCCCC3)cc2)CC(C)O1.I. The number of nitrogens with zero attached hydrogens (tertiary/aromatic N) is 3. The van der Waals surface area contributed by atoms with Crippen LogP contribution < -0.4 is 5.73 Å². The maximum atomic E-state index is 12.7. The fourth-order valence-electron chi connectivity index (χ4n) is 3.85. The molecule has 2 heterocycles. The van der Waals surface area contributed by atoms with E-state index in [-0.39, 0.29) is 42.1 Å². The lowest BCUT2D eigenvalue weighted by Gasteiger charge is -2.35. The first-order valence-corrected chi connectivity index (χ1v) is 10.1. The highest BCUT2D eigenvalue weighted by atomic mass is 127. The zero-order valence-corrected chi connectivity index (χ0v) is 19.3. The average Bonchev–Trinajstić information content (AvgIpc) is 2.95. The standard InChI is InChI=1S/C21H32N4O2.HI/c1-16-14-25(15-17(2)27-16)20(26)19-9-7-18(8-10-19)13-23-21(22)24-11-5-3-4-6-12-24;/h7-10,16-17H,3-6,11-15H2,1-2H3,(H2,22,23);1H. The minimum atomic E-state index is 0. The van der Waals surface area contributed by atoms with Gasteiger partial charge in [-0.1, -0.05) is 25.0 Å². The number of ether oxygens (including phenoxy) is 1. The Morgan fingerprint density at radius 3 is 2.18 bits per heavy atom. The lowest BCUT2D eigenvalue weighted by molar-refractivity contribution is -0.0586. The molecule has 156 valence electrons. The monoisotopic (exact) mass is 500 g/mol. The smallest absolute Gasteiger partial charge is 0.254 e. The van der Waals surface area contributed by atoms with E-state index in [0.717, 1.165) is 18.7 Å². The maximum Gasteiger partial charge on any atom is 0.254 e. The van der Waals surface area contributed by atoms with E-state index in [1.807, 2.05) is 43.0 Å². The van der Waals surface area contributed by atoms with Crippen molar-refractivity contribution in [3.05, 3.63) is 35.4 Å². The molecule has 2 atom stereocenters.